The molecule has 0 heterocycles. The lowest BCUT2D eigenvalue weighted by atomic mass is 9.47. The minimum Gasteiger partial charge on any atom is -0.393 e. The highest BCUT2D eigenvalue weighted by Crippen LogP contribution is 2.66. The van der Waals surface area contributed by atoms with Crippen LogP contribution < -0.4 is 0 Å². The fourth-order valence-electron chi connectivity index (χ4n) is 6.47. The van der Waals surface area contributed by atoms with Gasteiger partial charge in [-0.25, -0.2) is 0 Å². The number of aliphatic hydroxyl groups is 1. The van der Waals surface area contributed by atoms with Gasteiger partial charge in [-0.2, -0.15) is 0 Å². The van der Waals surface area contributed by atoms with Crippen LogP contribution in [0.1, 0.15) is 80.3 Å². The molecular formula is C21H32O2. The van der Waals surface area contributed by atoms with Crippen LogP contribution in [0.2, 0.25) is 0 Å². The van der Waals surface area contributed by atoms with Crippen LogP contribution in [0, 0.1) is 34.5 Å². The molecule has 23 heavy (non-hydrogen) atoms. The van der Waals surface area contributed by atoms with Crippen molar-refractivity contribution >= 4 is 5.78 Å². The molecule has 4 rings (SSSR count). The van der Waals surface area contributed by atoms with Gasteiger partial charge in [0.1, 0.15) is 5.78 Å². The largest absolute Gasteiger partial charge is 0.393 e. The molecule has 3 fully saturated rings. The lowest BCUT2D eigenvalue weighted by Gasteiger charge is -2.57. The maximum atomic E-state index is 12.3. The Kier molecular flexibility index (Phi) is 2.34. The minimum atomic E-state index is -2.93. The zero-order valence-corrected chi connectivity index (χ0v) is 14.4. The van der Waals surface area contributed by atoms with Crippen molar-refractivity contribution in [3.63, 3.8) is 0 Å². The highest BCUT2D eigenvalue weighted by atomic mass is 16.3. The predicted octanol–water partition coefficient (Wildman–Crippen LogP) is 4.52. The number of carbonyl (C=O) groups is 1. The summed E-state index contributed by atoms with van der Waals surface area (Å²) in [6.07, 6.45) is -4.36. The summed E-state index contributed by atoms with van der Waals surface area (Å²) >= 11 is 0. The number of fused-ring (bicyclic) bond motifs is 5. The number of Topliss-reactive ketones (excluding diaryl/α,β-unsaturated/α-hetero) is 1. The van der Waals surface area contributed by atoms with E-state index in [0.29, 0.717) is 6.42 Å². The molecule has 4 aliphatic carbocycles. The summed E-state index contributed by atoms with van der Waals surface area (Å²) in [5.41, 5.74) is -0.886. The molecule has 0 radical (unpaired) electrons. The summed E-state index contributed by atoms with van der Waals surface area (Å²) in [5, 5.41) is 10.5. The summed E-state index contributed by atoms with van der Waals surface area (Å²) in [4.78, 5) is 12.3. The molecule has 0 aromatic heterocycles. The van der Waals surface area contributed by atoms with Crippen LogP contribution in [0.5, 0.6) is 0 Å². The second-order valence-corrected chi connectivity index (χ2v) is 8.66. The van der Waals surface area contributed by atoms with Crippen LogP contribution in [-0.4, -0.2) is 17.0 Å². The molecule has 128 valence electrons. The molecule has 0 aromatic rings. The fraction of sp³-hybridized carbons (Fsp3) is 0.857. The van der Waals surface area contributed by atoms with Crippen molar-refractivity contribution in [2.75, 3.05) is 0 Å². The van der Waals surface area contributed by atoms with Gasteiger partial charge >= 0.3 is 0 Å². The number of allylic oxidation sites excluding steroid dienone is 1. The molecule has 2 nitrogen and oxygen atoms in total. The molecule has 0 unspecified atom stereocenters. The molecule has 0 bridgehead atoms. The second kappa shape index (κ2) is 5.18. The second-order valence-electron chi connectivity index (χ2n) is 8.66. The van der Waals surface area contributed by atoms with Gasteiger partial charge in [-0.3, -0.25) is 4.79 Å². The average molecular weight is 323 g/mol. The Morgan fingerprint density at radius 1 is 1.35 bits per heavy atom. The van der Waals surface area contributed by atoms with Crippen molar-refractivity contribution in [1.29, 1.82) is 0 Å². The maximum absolute atomic E-state index is 12.3. The van der Waals surface area contributed by atoms with Crippen LogP contribution in [0.4, 0.5) is 0 Å². The Morgan fingerprint density at radius 3 is 2.87 bits per heavy atom. The first-order valence-electron chi connectivity index (χ1n) is 12.0. The van der Waals surface area contributed by atoms with Crippen molar-refractivity contribution in [2.24, 2.45) is 34.5 Å². The van der Waals surface area contributed by atoms with E-state index in [4.69, 9.17) is 8.22 Å². The van der Waals surface area contributed by atoms with Crippen molar-refractivity contribution in [3.8, 4) is 0 Å². The van der Waals surface area contributed by atoms with Gasteiger partial charge in [-0.05, 0) is 86.8 Å². The summed E-state index contributed by atoms with van der Waals surface area (Å²) in [5.74, 6) is 0.632. The number of ketones is 1. The third-order valence-corrected chi connectivity index (χ3v) is 7.70. The Balaban J connectivity index is 1.83. The first-order valence-corrected chi connectivity index (χ1v) is 9.05. The number of rotatable bonds is 1. The molecular weight excluding hydrogens is 284 g/mol. The van der Waals surface area contributed by atoms with E-state index in [1.807, 2.05) is 6.92 Å². The maximum Gasteiger partial charge on any atom is 0.133 e. The molecule has 2 heteroatoms. The van der Waals surface area contributed by atoms with Crippen LogP contribution in [0.3, 0.4) is 0 Å². The molecule has 4 aliphatic rings. The van der Waals surface area contributed by atoms with Crippen LogP contribution >= 0.6 is 0 Å². The van der Waals surface area contributed by atoms with Crippen molar-refractivity contribution in [2.45, 2.75) is 78.1 Å². The number of hydrogen-bond donors (Lipinski definition) is 1. The van der Waals surface area contributed by atoms with E-state index < -0.39 is 24.2 Å². The first-order chi connectivity index (χ1) is 13.1. The van der Waals surface area contributed by atoms with Crippen LogP contribution in [0.25, 0.3) is 0 Å². The molecule has 3 saturated carbocycles. The summed E-state index contributed by atoms with van der Waals surface area (Å²) in [6.45, 7) is 5.71. The minimum absolute atomic E-state index is 0.00312. The Bertz CT molecular complexity index is 790. The first kappa shape index (κ1) is 10.4. The third-order valence-electron chi connectivity index (χ3n) is 7.70. The SMILES string of the molecule is [2H]C1=C2C([2H])([2H])[C@@]([2H])(O)C([2H])([2H])C[C@]2(C)[C@H]2CC[C@]3(C)[C@@H](C(C)=O)CC[C@H]3[C@@H]2C1. The third kappa shape index (κ3) is 2.13. The molecule has 0 saturated heterocycles. The van der Waals surface area contributed by atoms with E-state index in [1.165, 1.54) is 0 Å². The van der Waals surface area contributed by atoms with Crippen molar-refractivity contribution in [3.05, 3.63) is 11.6 Å². The van der Waals surface area contributed by atoms with E-state index in [-0.39, 0.29) is 52.9 Å². The average Bonchev–Trinajstić information content (AvgIpc) is 2.90. The lowest BCUT2D eigenvalue weighted by molar-refractivity contribution is -0.127. The van der Waals surface area contributed by atoms with E-state index in [2.05, 4.69) is 6.92 Å². The molecule has 0 spiro atoms. The quantitative estimate of drug-likeness (QED) is 0.721. The zero-order valence-electron chi connectivity index (χ0n) is 20.4. The highest BCUT2D eigenvalue weighted by Gasteiger charge is 2.59. The van der Waals surface area contributed by atoms with E-state index in [0.717, 1.165) is 25.7 Å². The number of carbonyl (C=O) groups excluding carboxylic acids is 1. The predicted molar refractivity (Wildman–Crippen MR) is 91.9 cm³/mol. The summed E-state index contributed by atoms with van der Waals surface area (Å²) in [7, 11) is 0. The fourth-order valence-corrected chi connectivity index (χ4v) is 6.47. The van der Waals surface area contributed by atoms with Gasteiger partial charge in [0, 0.05) is 11.4 Å². The monoisotopic (exact) mass is 322 g/mol. The molecule has 7 atom stereocenters. The van der Waals surface area contributed by atoms with E-state index >= 15 is 0 Å². The van der Waals surface area contributed by atoms with Crippen LogP contribution in [0.15, 0.2) is 11.6 Å². The molecule has 0 aromatic carbocycles. The standard InChI is InChI=1S/C21H32O2/c1-13(22)17-6-7-18-16-5-4-14-12-15(23)8-10-20(14,2)19(16)9-11-21(17,18)3/h4,15-19,23H,5-12H2,1-3H3/t15-,16-,17+,18-,19-,20-,21+/m0/s1/i4D,8D2,12D2,15D. The van der Waals surface area contributed by atoms with E-state index in [1.54, 1.807) is 6.92 Å². The molecule has 0 aliphatic heterocycles. The van der Waals surface area contributed by atoms with Crippen molar-refractivity contribution in [1.82, 2.24) is 0 Å². The van der Waals surface area contributed by atoms with E-state index in [9.17, 15) is 9.90 Å². The van der Waals surface area contributed by atoms with Gasteiger partial charge in [0.25, 0.3) is 0 Å². The van der Waals surface area contributed by atoms with Crippen LogP contribution in [-0.2, 0) is 4.79 Å². The molecule has 0 amide bonds. The lowest BCUT2D eigenvalue weighted by Crippen LogP contribution is -2.50. The number of hydrogen-bond acceptors (Lipinski definition) is 2. The topological polar surface area (TPSA) is 37.3 Å². The van der Waals surface area contributed by atoms with Gasteiger partial charge < -0.3 is 5.11 Å². The highest BCUT2D eigenvalue weighted by molar-refractivity contribution is 5.79. The van der Waals surface area contributed by atoms with Gasteiger partial charge in [0.05, 0.1) is 8.82 Å². The Labute approximate surface area is 149 Å². The summed E-state index contributed by atoms with van der Waals surface area (Å²) < 4.78 is 50.5. The summed E-state index contributed by atoms with van der Waals surface area (Å²) in [6, 6.07) is 0.121. The molecule has 1 N–H and O–H groups in total. The Hall–Kier alpha value is -0.630. The van der Waals surface area contributed by atoms with Gasteiger partial charge in [0.2, 0.25) is 0 Å². The Morgan fingerprint density at radius 2 is 2.13 bits per heavy atom. The normalized spacial score (nSPS) is 64.0. The van der Waals surface area contributed by atoms with Gasteiger partial charge in [0.15, 0.2) is 0 Å². The van der Waals surface area contributed by atoms with Crippen molar-refractivity contribution < 1.29 is 18.1 Å². The van der Waals surface area contributed by atoms with Gasteiger partial charge in [-0.1, -0.05) is 25.5 Å². The van der Waals surface area contributed by atoms with Gasteiger partial charge in [-0.15, -0.1) is 0 Å². The smallest absolute Gasteiger partial charge is 0.133 e. The zero-order chi connectivity index (χ0) is 21.8.